The van der Waals surface area contributed by atoms with E-state index < -0.39 is 41.7 Å². The van der Waals surface area contributed by atoms with Gasteiger partial charge in [0.05, 0.1) is 32.8 Å². The van der Waals surface area contributed by atoms with Crippen LogP contribution in [0.5, 0.6) is 11.8 Å². The summed E-state index contributed by atoms with van der Waals surface area (Å²) in [6.07, 6.45) is -2.02. The van der Waals surface area contributed by atoms with Crippen LogP contribution in [0.25, 0.3) is 32.1 Å². The Labute approximate surface area is 291 Å². The topological polar surface area (TPSA) is 121 Å². The number of alkyl halides is 3. The smallest absolute Gasteiger partial charge is 0.319 e. The minimum atomic E-state index is -3.16. The van der Waals surface area contributed by atoms with E-state index in [0.717, 1.165) is 35.3 Å². The van der Waals surface area contributed by atoms with E-state index in [1.165, 1.54) is 6.07 Å². The zero-order valence-electron chi connectivity index (χ0n) is 26.3. The van der Waals surface area contributed by atoms with Gasteiger partial charge in [0.2, 0.25) is 0 Å². The number of thiophene rings is 1. The molecule has 4 aromatic rings. The number of nitriles is 1. The van der Waals surface area contributed by atoms with Crippen LogP contribution in [-0.2, 0) is 4.79 Å². The maximum absolute atomic E-state index is 17.2. The van der Waals surface area contributed by atoms with Crippen LogP contribution >= 0.6 is 22.9 Å². The number of rotatable bonds is 6. The Balaban J connectivity index is 1.31. The summed E-state index contributed by atoms with van der Waals surface area (Å²) in [5.74, 6) is -2.67. The molecule has 2 aromatic carbocycles. The monoisotopic (exact) mass is 733 g/mol. The van der Waals surface area contributed by atoms with Gasteiger partial charge < -0.3 is 25.0 Å². The third kappa shape index (κ3) is 5.07. The fourth-order valence-electron chi connectivity index (χ4n) is 8.08. The molecular formula is C33H29ClF5N7O3S. The highest BCUT2D eigenvalue weighted by Crippen LogP contribution is 2.51. The maximum Gasteiger partial charge on any atom is 0.319 e. The van der Waals surface area contributed by atoms with Gasteiger partial charge in [-0.25, -0.2) is 13.2 Å². The predicted molar refractivity (Wildman–Crippen MR) is 177 cm³/mol. The number of nitrogens with two attached hydrogens (primary N) is 1. The van der Waals surface area contributed by atoms with Crippen LogP contribution in [0.2, 0.25) is 5.02 Å². The van der Waals surface area contributed by atoms with E-state index in [0.29, 0.717) is 12.8 Å². The largest absolute Gasteiger partial charge is 0.489 e. The molecule has 10 nitrogen and oxygen atoms in total. The second kappa shape index (κ2) is 12.2. The molecule has 0 spiro atoms. The maximum atomic E-state index is 17.2. The van der Waals surface area contributed by atoms with Crippen LogP contribution in [0.15, 0.2) is 12.1 Å². The van der Waals surface area contributed by atoms with Crippen LogP contribution < -0.4 is 20.1 Å². The van der Waals surface area contributed by atoms with Crippen LogP contribution in [0.3, 0.4) is 0 Å². The molecule has 4 aliphatic rings. The number of fused-ring (bicyclic) bond motifs is 2. The second-order valence-electron chi connectivity index (χ2n) is 13.1. The van der Waals surface area contributed by atoms with E-state index in [1.807, 2.05) is 6.07 Å². The number of halogens is 6. The standard InChI is InChI=1S/C33H29ClF5N7O3S/c34-23-21(17-2-3-19(36)27-20(17)18(11-40)29(41)50-27)24(37)25-22-26(23)48-9-8-46(16-4-7-44(13-16)31(47)28(38)39)30(22)43-32(42-25)49-14-33-5-1-6-45(33)12-15(35)10-33/h2-3,15-16,28H,1,4-10,12-14,41H2/t15-,16+,33+/m1/s1. The number of anilines is 2. The molecule has 0 radical (unpaired) electrons. The minimum absolute atomic E-state index is 0.00929. The van der Waals surface area contributed by atoms with Crippen LogP contribution in [0, 0.1) is 23.0 Å². The molecule has 3 saturated heterocycles. The summed E-state index contributed by atoms with van der Waals surface area (Å²) in [6, 6.07) is 3.73. The van der Waals surface area contributed by atoms with Crippen molar-refractivity contribution in [3.05, 3.63) is 34.4 Å². The first-order valence-corrected chi connectivity index (χ1v) is 17.3. The number of hydrogen-bond donors (Lipinski definition) is 1. The third-order valence-corrected chi connectivity index (χ3v) is 11.7. The van der Waals surface area contributed by atoms with E-state index in [2.05, 4.69) is 9.88 Å². The molecule has 0 unspecified atom stereocenters. The number of nitrogen functional groups attached to an aromatic ring is 1. The van der Waals surface area contributed by atoms with Crippen molar-refractivity contribution < 1.29 is 36.2 Å². The Morgan fingerprint density at radius 2 is 2.04 bits per heavy atom. The lowest BCUT2D eigenvalue weighted by Crippen LogP contribution is -2.44. The molecule has 2 N–H and O–H groups in total. The van der Waals surface area contributed by atoms with Gasteiger partial charge in [-0.05, 0) is 37.4 Å². The molecular weight excluding hydrogens is 705 g/mol. The number of aromatic nitrogens is 2. The lowest BCUT2D eigenvalue weighted by molar-refractivity contribution is -0.141. The second-order valence-corrected chi connectivity index (χ2v) is 14.5. The van der Waals surface area contributed by atoms with Gasteiger partial charge in [0.15, 0.2) is 11.6 Å². The number of benzene rings is 2. The molecule has 8 rings (SSSR count). The van der Waals surface area contributed by atoms with Gasteiger partial charge in [0.25, 0.3) is 5.91 Å². The lowest BCUT2D eigenvalue weighted by Gasteiger charge is -2.31. The molecule has 6 heterocycles. The van der Waals surface area contributed by atoms with Gasteiger partial charge in [0, 0.05) is 43.0 Å². The summed E-state index contributed by atoms with van der Waals surface area (Å²) >= 11 is 7.82. The summed E-state index contributed by atoms with van der Waals surface area (Å²) in [7, 11) is 0. The summed E-state index contributed by atoms with van der Waals surface area (Å²) in [4.78, 5) is 26.3. The number of carbonyl (C=O) groups excluding carboxylic acids is 1. The van der Waals surface area contributed by atoms with Gasteiger partial charge in [0.1, 0.15) is 47.6 Å². The predicted octanol–water partition coefficient (Wildman–Crippen LogP) is 5.92. The number of amides is 1. The SMILES string of the molecule is N#Cc1c(N)sc2c(F)ccc(-c3c(Cl)c4c5c(nc(OC[C@@]67CCCN6C[C@H](F)C7)nc5c3F)N([C@H]3CCN(C(=O)C(F)F)C3)CCO4)c12. The molecule has 0 aliphatic carbocycles. The molecule has 17 heteroatoms. The number of nitrogens with zero attached hydrogens (tertiary/aromatic N) is 6. The molecule has 3 fully saturated rings. The number of hydrogen-bond acceptors (Lipinski definition) is 10. The van der Waals surface area contributed by atoms with Gasteiger partial charge in [-0.15, -0.1) is 11.3 Å². The molecule has 4 aliphatic heterocycles. The van der Waals surface area contributed by atoms with Crippen molar-refractivity contribution in [1.82, 2.24) is 19.8 Å². The first kappa shape index (κ1) is 33.0. The Hall–Kier alpha value is -4.20. The quantitative estimate of drug-likeness (QED) is 0.241. The Bertz CT molecular complexity index is 2110. The Morgan fingerprint density at radius 3 is 2.82 bits per heavy atom. The van der Waals surface area contributed by atoms with E-state index in [1.54, 1.807) is 4.90 Å². The van der Waals surface area contributed by atoms with E-state index >= 15 is 4.39 Å². The van der Waals surface area contributed by atoms with Crippen LogP contribution in [0.1, 0.15) is 31.2 Å². The zero-order valence-corrected chi connectivity index (χ0v) is 27.9. The fourth-order valence-corrected chi connectivity index (χ4v) is 9.36. The summed E-state index contributed by atoms with van der Waals surface area (Å²) in [5, 5.41) is 9.96. The average molecular weight is 734 g/mol. The number of carbonyl (C=O) groups is 1. The highest BCUT2D eigenvalue weighted by atomic mass is 35.5. The van der Waals surface area contributed by atoms with Crippen LogP contribution in [0.4, 0.5) is 32.8 Å². The van der Waals surface area contributed by atoms with E-state index in [4.69, 9.17) is 31.8 Å². The highest BCUT2D eigenvalue weighted by Gasteiger charge is 2.49. The number of ether oxygens (including phenoxy) is 2. The molecule has 2 aromatic heterocycles. The van der Waals surface area contributed by atoms with Crippen molar-refractivity contribution in [3.63, 3.8) is 0 Å². The fraction of sp³-hybridized carbons (Fsp3) is 0.455. The zero-order chi connectivity index (χ0) is 35.1. The third-order valence-electron chi connectivity index (χ3n) is 10.3. The van der Waals surface area contributed by atoms with Gasteiger partial charge in [-0.1, -0.05) is 17.7 Å². The summed E-state index contributed by atoms with van der Waals surface area (Å²) in [6.45, 7) is 1.27. The Kier molecular flexibility index (Phi) is 8.07. The molecule has 0 bridgehead atoms. The first-order chi connectivity index (χ1) is 24.0. The van der Waals surface area contributed by atoms with E-state index in [-0.39, 0.29) is 111 Å². The van der Waals surface area contributed by atoms with Crippen molar-refractivity contribution in [3.8, 4) is 29.0 Å². The summed E-state index contributed by atoms with van der Waals surface area (Å²) < 4.78 is 85.7. The normalized spacial score (nSPS) is 23.5. The van der Waals surface area contributed by atoms with Gasteiger partial charge in [-0.2, -0.15) is 24.0 Å². The van der Waals surface area contributed by atoms with Crippen molar-refractivity contribution in [1.29, 1.82) is 5.26 Å². The van der Waals surface area contributed by atoms with Gasteiger partial charge >= 0.3 is 12.4 Å². The molecule has 50 heavy (non-hydrogen) atoms. The van der Waals surface area contributed by atoms with Crippen molar-refractivity contribution in [2.75, 3.05) is 56.6 Å². The van der Waals surface area contributed by atoms with Gasteiger partial charge in [-0.3, -0.25) is 9.69 Å². The minimum Gasteiger partial charge on any atom is -0.489 e. The summed E-state index contributed by atoms with van der Waals surface area (Å²) in [5.41, 5.74) is 5.10. The highest BCUT2D eigenvalue weighted by molar-refractivity contribution is 7.23. The van der Waals surface area contributed by atoms with Crippen molar-refractivity contribution in [2.24, 2.45) is 0 Å². The Morgan fingerprint density at radius 1 is 1.22 bits per heavy atom. The lowest BCUT2D eigenvalue weighted by atomic mass is 9.95. The van der Waals surface area contributed by atoms with Crippen molar-refractivity contribution >= 4 is 60.7 Å². The van der Waals surface area contributed by atoms with E-state index in [9.17, 15) is 27.6 Å². The number of likely N-dealkylation sites (tertiary alicyclic amines) is 1. The first-order valence-electron chi connectivity index (χ1n) is 16.1. The molecule has 1 amide bonds. The average Bonchev–Trinajstić information content (AvgIpc) is 3.84. The molecule has 3 atom stereocenters. The molecule has 262 valence electrons. The molecule has 0 saturated carbocycles. The van der Waals surface area contributed by atoms with Crippen LogP contribution in [-0.4, -0.2) is 95.8 Å². The van der Waals surface area contributed by atoms with Crippen molar-refractivity contribution in [2.45, 2.75) is 49.9 Å².